The highest BCUT2D eigenvalue weighted by Crippen LogP contribution is 2.31. The Morgan fingerprint density at radius 1 is 1.10 bits per heavy atom. The molecule has 0 saturated carbocycles. The van der Waals surface area contributed by atoms with Gasteiger partial charge < -0.3 is 18.8 Å². The SMILES string of the molecule is Cc1ccc(CCC2(Cn3ccnc3)OCC(COCc3cc(C)ccc3C)O2)cc1. The molecule has 4 rings (SSSR count). The highest BCUT2D eigenvalue weighted by molar-refractivity contribution is 5.29. The molecular weight excluding hydrogens is 388 g/mol. The van der Waals surface area contributed by atoms with Gasteiger partial charge in [0.15, 0.2) is 5.79 Å². The molecule has 1 aliphatic heterocycles. The van der Waals surface area contributed by atoms with Gasteiger partial charge in [-0.2, -0.15) is 0 Å². The van der Waals surface area contributed by atoms with E-state index in [0.29, 0.717) is 26.4 Å². The molecule has 5 heteroatoms. The molecule has 0 amide bonds. The van der Waals surface area contributed by atoms with Gasteiger partial charge in [-0.25, -0.2) is 4.98 Å². The number of ether oxygens (including phenoxy) is 3. The zero-order chi connectivity index (χ0) is 21.7. The lowest BCUT2D eigenvalue weighted by Crippen LogP contribution is -2.37. The molecule has 1 saturated heterocycles. The second-order valence-corrected chi connectivity index (χ2v) is 8.63. The van der Waals surface area contributed by atoms with Gasteiger partial charge in [-0.15, -0.1) is 0 Å². The second kappa shape index (κ2) is 9.77. The molecule has 0 spiro atoms. The van der Waals surface area contributed by atoms with E-state index < -0.39 is 5.79 Å². The molecule has 31 heavy (non-hydrogen) atoms. The summed E-state index contributed by atoms with van der Waals surface area (Å²) in [6, 6.07) is 15.1. The Bertz CT molecular complexity index is 969. The van der Waals surface area contributed by atoms with Crippen molar-refractivity contribution in [1.29, 1.82) is 0 Å². The monoisotopic (exact) mass is 420 g/mol. The fourth-order valence-electron chi connectivity index (χ4n) is 4.00. The van der Waals surface area contributed by atoms with Crippen LogP contribution in [0.15, 0.2) is 61.2 Å². The number of hydrogen-bond acceptors (Lipinski definition) is 4. The van der Waals surface area contributed by atoms with Crippen LogP contribution < -0.4 is 0 Å². The Labute approximate surface area is 185 Å². The fourth-order valence-corrected chi connectivity index (χ4v) is 4.00. The molecule has 2 atom stereocenters. The Kier molecular flexibility index (Phi) is 6.86. The fraction of sp³-hybridized carbons (Fsp3) is 0.423. The average molecular weight is 421 g/mol. The third-order valence-electron chi connectivity index (χ3n) is 5.88. The summed E-state index contributed by atoms with van der Waals surface area (Å²) in [4.78, 5) is 4.17. The molecule has 3 aromatic rings. The van der Waals surface area contributed by atoms with Crippen LogP contribution in [-0.2, 0) is 33.8 Å². The van der Waals surface area contributed by atoms with E-state index in [2.05, 4.69) is 68.2 Å². The van der Waals surface area contributed by atoms with Crippen LogP contribution in [0.2, 0.25) is 0 Å². The van der Waals surface area contributed by atoms with Crippen LogP contribution in [0.5, 0.6) is 0 Å². The first-order valence-corrected chi connectivity index (χ1v) is 11.0. The summed E-state index contributed by atoms with van der Waals surface area (Å²) in [5.74, 6) is -0.668. The summed E-state index contributed by atoms with van der Waals surface area (Å²) in [6.45, 7) is 8.59. The molecule has 0 N–H and O–H groups in total. The van der Waals surface area contributed by atoms with E-state index in [1.54, 1.807) is 6.20 Å². The van der Waals surface area contributed by atoms with Crippen molar-refractivity contribution in [3.05, 3.63) is 89.0 Å². The molecule has 5 nitrogen and oxygen atoms in total. The van der Waals surface area contributed by atoms with Crippen molar-refractivity contribution in [1.82, 2.24) is 9.55 Å². The van der Waals surface area contributed by atoms with E-state index in [-0.39, 0.29) is 6.10 Å². The summed E-state index contributed by atoms with van der Waals surface area (Å²) in [5, 5.41) is 0. The first-order chi connectivity index (χ1) is 15.0. The smallest absolute Gasteiger partial charge is 0.187 e. The molecule has 0 bridgehead atoms. The predicted molar refractivity (Wildman–Crippen MR) is 121 cm³/mol. The van der Waals surface area contributed by atoms with Gasteiger partial charge in [0.2, 0.25) is 0 Å². The maximum atomic E-state index is 6.46. The summed E-state index contributed by atoms with van der Waals surface area (Å²) in [5.41, 5.74) is 6.29. The van der Waals surface area contributed by atoms with Crippen molar-refractivity contribution in [3.63, 3.8) is 0 Å². The number of imidazole rings is 1. The van der Waals surface area contributed by atoms with E-state index in [0.717, 1.165) is 12.8 Å². The highest BCUT2D eigenvalue weighted by Gasteiger charge is 2.41. The van der Waals surface area contributed by atoms with E-state index >= 15 is 0 Å². The Balaban J connectivity index is 1.36. The van der Waals surface area contributed by atoms with Crippen LogP contribution in [0, 0.1) is 20.8 Å². The molecule has 1 aromatic heterocycles. The quantitative estimate of drug-likeness (QED) is 0.500. The normalized spacial score (nSPS) is 20.9. The topological polar surface area (TPSA) is 45.5 Å². The highest BCUT2D eigenvalue weighted by atomic mass is 16.8. The van der Waals surface area contributed by atoms with Crippen molar-refractivity contribution in [2.75, 3.05) is 13.2 Å². The van der Waals surface area contributed by atoms with E-state index in [1.807, 2.05) is 17.1 Å². The van der Waals surface area contributed by atoms with Crippen molar-refractivity contribution >= 4 is 0 Å². The van der Waals surface area contributed by atoms with Gasteiger partial charge in [0.05, 0.1) is 32.7 Å². The molecule has 1 aliphatic rings. The lowest BCUT2D eigenvalue weighted by Gasteiger charge is -2.28. The van der Waals surface area contributed by atoms with Crippen molar-refractivity contribution in [3.8, 4) is 0 Å². The van der Waals surface area contributed by atoms with Gasteiger partial charge in [-0.1, -0.05) is 53.6 Å². The molecule has 1 fully saturated rings. The van der Waals surface area contributed by atoms with Crippen molar-refractivity contribution in [2.45, 2.75) is 58.7 Å². The number of aromatic nitrogens is 2. The molecule has 0 radical (unpaired) electrons. The largest absolute Gasteiger partial charge is 0.374 e. The first kappa shape index (κ1) is 21.8. The second-order valence-electron chi connectivity index (χ2n) is 8.63. The Morgan fingerprint density at radius 3 is 2.68 bits per heavy atom. The lowest BCUT2D eigenvalue weighted by atomic mass is 10.0. The van der Waals surface area contributed by atoms with Gasteiger partial charge in [-0.3, -0.25) is 0 Å². The molecule has 2 unspecified atom stereocenters. The standard InChI is InChI=1S/C26H32N2O3/c1-20-5-8-23(9-6-20)10-11-26(18-28-13-12-27-19-28)30-17-25(31-26)16-29-15-24-14-21(2)4-7-22(24)3/h4-9,12-14,19,25H,10-11,15-18H2,1-3H3. The maximum absolute atomic E-state index is 6.46. The Morgan fingerprint density at radius 2 is 1.90 bits per heavy atom. The zero-order valence-electron chi connectivity index (χ0n) is 18.7. The molecular formula is C26H32N2O3. The predicted octanol–water partition coefficient (Wildman–Crippen LogP) is 4.77. The van der Waals surface area contributed by atoms with Crippen LogP contribution >= 0.6 is 0 Å². The first-order valence-electron chi connectivity index (χ1n) is 11.0. The summed E-state index contributed by atoms with van der Waals surface area (Å²) in [7, 11) is 0. The lowest BCUT2D eigenvalue weighted by molar-refractivity contribution is -0.187. The molecule has 164 valence electrons. The maximum Gasteiger partial charge on any atom is 0.187 e. The van der Waals surface area contributed by atoms with E-state index in [1.165, 1.54) is 27.8 Å². The molecule has 2 heterocycles. The average Bonchev–Trinajstić information content (AvgIpc) is 3.41. The number of rotatable bonds is 9. The third-order valence-corrected chi connectivity index (χ3v) is 5.88. The number of hydrogen-bond donors (Lipinski definition) is 0. The van der Waals surface area contributed by atoms with Crippen molar-refractivity contribution in [2.24, 2.45) is 0 Å². The Hall–Kier alpha value is -2.47. The van der Waals surface area contributed by atoms with Gasteiger partial charge in [0.25, 0.3) is 0 Å². The number of benzene rings is 2. The van der Waals surface area contributed by atoms with E-state index in [9.17, 15) is 0 Å². The minimum Gasteiger partial charge on any atom is -0.374 e. The summed E-state index contributed by atoms with van der Waals surface area (Å²) >= 11 is 0. The minimum absolute atomic E-state index is 0.0772. The van der Waals surface area contributed by atoms with Crippen LogP contribution in [0.4, 0.5) is 0 Å². The van der Waals surface area contributed by atoms with Gasteiger partial charge in [0, 0.05) is 18.8 Å². The summed E-state index contributed by atoms with van der Waals surface area (Å²) in [6.07, 6.45) is 7.14. The van der Waals surface area contributed by atoms with Crippen LogP contribution in [-0.4, -0.2) is 34.7 Å². The third kappa shape index (κ3) is 5.82. The van der Waals surface area contributed by atoms with Gasteiger partial charge in [0.1, 0.15) is 6.10 Å². The van der Waals surface area contributed by atoms with Gasteiger partial charge >= 0.3 is 0 Å². The van der Waals surface area contributed by atoms with Crippen LogP contribution in [0.1, 0.15) is 34.2 Å². The van der Waals surface area contributed by atoms with E-state index in [4.69, 9.17) is 14.2 Å². The van der Waals surface area contributed by atoms with Crippen molar-refractivity contribution < 1.29 is 14.2 Å². The zero-order valence-corrected chi connectivity index (χ0v) is 18.7. The number of aryl methyl sites for hydroxylation is 4. The minimum atomic E-state index is -0.668. The van der Waals surface area contributed by atoms with Crippen LogP contribution in [0.25, 0.3) is 0 Å². The molecule has 0 aliphatic carbocycles. The summed E-state index contributed by atoms with van der Waals surface area (Å²) < 4.78 is 20.8. The van der Waals surface area contributed by atoms with Crippen LogP contribution in [0.3, 0.4) is 0 Å². The number of nitrogens with zero attached hydrogens (tertiary/aromatic N) is 2. The molecule has 2 aromatic carbocycles. The van der Waals surface area contributed by atoms with Gasteiger partial charge in [-0.05, 0) is 43.9 Å².